The molecule has 4 nitrogen and oxygen atoms in total. The Bertz CT molecular complexity index is 392. The van der Waals surface area contributed by atoms with E-state index in [-0.39, 0.29) is 17.4 Å². The van der Waals surface area contributed by atoms with Crippen molar-refractivity contribution in [2.45, 2.75) is 40.2 Å². The van der Waals surface area contributed by atoms with E-state index in [4.69, 9.17) is 5.73 Å². The highest BCUT2D eigenvalue weighted by Gasteiger charge is 2.25. The minimum absolute atomic E-state index is 0.00679. The number of aromatic nitrogens is 1. The van der Waals surface area contributed by atoms with Crippen LogP contribution in [0.5, 0.6) is 0 Å². The fraction of sp³-hybridized carbons (Fsp3) is 0.571. The van der Waals surface area contributed by atoms with Crippen LogP contribution in [0.25, 0.3) is 0 Å². The normalized spacial score (nSPS) is 13.2. The molecule has 0 saturated carbocycles. The highest BCUT2D eigenvalue weighted by Crippen LogP contribution is 2.21. The summed E-state index contributed by atoms with van der Waals surface area (Å²) in [5.41, 5.74) is 7.08. The summed E-state index contributed by atoms with van der Waals surface area (Å²) in [7, 11) is 0. The number of nitrogens with two attached hydrogens (primary N) is 1. The number of amides is 1. The van der Waals surface area contributed by atoms with Gasteiger partial charge in [-0.2, -0.15) is 0 Å². The van der Waals surface area contributed by atoms with Crippen LogP contribution in [0, 0.1) is 12.3 Å². The topological polar surface area (TPSA) is 68.0 Å². The van der Waals surface area contributed by atoms with E-state index in [0.29, 0.717) is 12.1 Å². The Kier molecular flexibility index (Phi) is 4.84. The van der Waals surface area contributed by atoms with Crippen LogP contribution in [0.2, 0.25) is 0 Å². The summed E-state index contributed by atoms with van der Waals surface area (Å²) in [6.45, 7) is 8.76. The molecule has 18 heavy (non-hydrogen) atoms. The van der Waals surface area contributed by atoms with Crippen LogP contribution in [0.1, 0.15) is 43.2 Å². The Morgan fingerprint density at radius 2 is 2.11 bits per heavy atom. The Balaban J connectivity index is 2.75. The third-order valence-corrected chi connectivity index (χ3v) is 2.98. The van der Waals surface area contributed by atoms with Crippen LogP contribution in [0.3, 0.4) is 0 Å². The molecule has 0 aliphatic heterocycles. The molecule has 1 atom stereocenters. The fourth-order valence-electron chi connectivity index (χ4n) is 1.73. The van der Waals surface area contributed by atoms with Crippen LogP contribution in [-0.4, -0.2) is 23.5 Å². The van der Waals surface area contributed by atoms with Gasteiger partial charge < -0.3 is 11.1 Å². The third-order valence-electron chi connectivity index (χ3n) is 2.98. The second kappa shape index (κ2) is 5.96. The maximum absolute atomic E-state index is 12.1. The van der Waals surface area contributed by atoms with Gasteiger partial charge in [0.1, 0.15) is 0 Å². The maximum Gasteiger partial charge on any atom is 0.253 e. The first-order valence-electron chi connectivity index (χ1n) is 6.28. The van der Waals surface area contributed by atoms with Crippen molar-refractivity contribution in [3.63, 3.8) is 0 Å². The molecule has 0 saturated heterocycles. The molecule has 1 amide bonds. The Hall–Kier alpha value is -1.42. The molecule has 100 valence electrons. The third kappa shape index (κ3) is 4.11. The first kappa shape index (κ1) is 14.6. The zero-order valence-electron chi connectivity index (χ0n) is 11.7. The molecular weight excluding hydrogens is 226 g/mol. The largest absolute Gasteiger partial charge is 0.349 e. The van der Waals surface area contributed by atoms with Gasteiger partial charge in [0.15, 0.2) is 0 Å². The SMILES string of the molecule is Cc1ccc(C(=O)NC(CCN)C(C)(C)C)cn1. The number of carbonyl (C=O) groups is 1. The molecular formula is C14H23N3O. The molecule has 4 heteroatoms. The Morgan fingerprint density at radius 3 is 2.56 bits per heavy atom. The first-order chi connectivity index (χ1) is 8.34. The van der Waals surface area contributed by atoms with Crippen LogP contribution >= 0.6 is 0 Å². The van der Waals surface area contributed by atoms with E-state index in [1.54, 1.807) is 12.3 Å². The van der Waals surface area contributed by atoms with Crippen molar-refractivity contribution in [1.82, 2.24) is 10.3 Å². The van der Waals surface area contributed by atoms with E-state index in [2.05, 4.69) is 31.1 Å². The minimum atomic E-state index is -0.0872. The van der Waals surface area contributed by atoms with Crippen molar-refractivity contribution in [3.8, 4) is 0 Å². The molecule has 1 unspecified atom stereocenters. The molecule has 1 rings (SSSR count). The molecule has 1 aromatic heterocycles. The lowest BCUT2D eigenvalue weighted by atomic mass is 9.84. The summed E-state index contributed by atoms with van der Waals surface area (Å²) in [6.07, 6.45) is 2.38. The molecule has 3 N–H and O–H groups in total. The summed E-state index contributed by atoms with van der Waals surface area (Å²) in [6, 6.07) is 3.69. The molecule has 1 aromatic rings. The number of nitrogens with zero attached hydrogens (tertiary/aromatic N) is 1. The predicted molar refractivity (Wildman–Crippen MR) is 73.4 cm³/mol. The summed E-state index contributed by atoms with van der Waals surface area (Å²) >= 11 is 0. The van der Waals surface area contributed by atoms with Crippen LogP contribution in [0.4, 0.5) is 0 Å². The predicted octanol–water partition coefficient (Wildman–Crippen LogP) is 1.88. The van der Waals surface area contributed by atoms with Gasteiger partial charge in [0, 0.05) is 17.9 Å². The van der Waals surface area contributed by atoms with E-state index in [1.165, 1.54) is 0 Å². The number of pyridine rings is 1. The van der Waals surface area contributed by atoms with Crippen molar-refractivity contribution in [1.29, 1.82) is 0 Å². The van der Waals surface area contributed by atoms with Crippen LogP contribution in [-0.2, 0) is 0 Å². The molecule has 0 radical (unpaired) electrons. The quantitative estimate of drug-likeness (QED) is 0.856. The summed E-state index contributed by atoms with van der Waals surface area (Å²) in [5, 5.41) is 3.03. The molecule has 0 aliphatic rings. The van der Waals surface area contributed by atoms with E-state index >= 15 is 0 Å². The lowest BCUT2D eigenvalue weighted by Crippen LogP contribution is -2.44. The Labute approximate surface area is 109 Å². The van der Waals surface area contributed by atoms with Gasteiger partial charge in [-0.15, -0.1) is 0 Å². The van der Waals surface area contributed by atoms with Gasteiger partial charge >= 0.3 is 0 Å². The second-order valence-electron chi connectivity index (χ2n) is 5.66. The molecule has 0 fully saturated rings. The first-order valence-corrected chi connectivity index (χ1v) is 6.28. The maximum atomic E-state index is 12.1. The summed E-state index contributed by atoms with van der Waals surface area (Å²) < 4.78 is 0. The number of rotatable bonds is 4. The second-order valence-corrected chi connectivity index (χ2v) is 5.66. The monoisotopic (exact) mass is 249 g/mol. The number of nitrogens with one attached hydrogen (secondary N) is 1. The smallest absolute Gasteiger partial charge is 0.253 e. The standard InChI is InChI=1S/C14H23N3O/c1-10-5-6-11(9-16-10)13(18)17-12(7-8-15)14(2,3)4/h5-6,9,12H,7-8,15H2,1-4H3,(H,17,18). The van der Waals surface area contributed by atoms with Crippen LogP contribution < -0.4 is 11.1 Å². The van der Waals surface area contributed by atoms with E-state index < -0.39 is 0 Å². The van der Waals surface area contributed by atoms with Crippen LogP contribution in [0.15, 0.2) is 18.3 Å². The lowest BCUT2D eigenvalue weighted by molar-refractivity contribution is 0.0898. The van der Waals surface area contributed by atoms with Gasteiger partial charge in [-0.25, -0.2) is 0 Å². The van der Waals surface area contributed by atoms with Crippen molar-refractivity contribution in [3.05, 3.63) is 29.6 Å². The molecule has 0 spiro atoms. The van der Waals surface area contributed by atoms with E-state index in [0.717, 1.165) is 12.1 Å². The van der Waals surface area contributed by atoms with E-state index in [1.807, 2.05) is 13.0 Å². The molecule has 0 aromatic carbocycles. The lowest BCUT2D eigenvalue weighted by Gasteiger charge is -2.31. The van der Waals surface area contributed by atoms with Gasteiger partial charge in [0.25, 0.3) is 5.91 Å². The number of carbonyl (C=O) groups excluding carboxylic acids is 1. The number of hydrogen-bond acceptors (Lipinski definition) is 3. The summed E-state index contributed by atoms with van der Waals surface area (Å²) in [4.78, 5) is 16.2. The Morgan fingerprint density at radius 1 is 1.44 bits per heavy atom. The zero-order valence-corrected chi connectivity index (χ0v) is 11.7. The van der Waals surface area contributed by atoms with Crippen molar-refractivity contribution in [2.75, 3.05) is 6.54 Å². The zero-order chi connectivity index (χ0) is 13.8. The van der Waals surface area contributed by atoms with Crippen molar-refractivity contribution in [2.24, 2.45) is 11.1 Å². The average molecular weight is 249 g/mol. The highest BCUT2D eigenvalue weighted by molar-refractivity contribution is 5.94. The van der Waals surface area contributed by atoms with E-state index in [9.17, 15) is 4.79 Å². The van der Waals surface area contributed by atoms with Gasteiger partial charge in [-0.1, -0.05) is 20.8 Å². The highest BCUT2D eigenvalue weighted by atomic mass is 16.1. The minimum Gasteiger partial charge on any atom is -0.349 e. The molecule has 0 aliphatic carbocycles. The van der Waals surface area contributed by atoms with Crippen molar-refractivity contribution >= 4 is 5.91 Å². The molecule has 0 bridgehead atoms. The van der Waals surface area contributed by atoms with Gasteiger partial charge in [0.05, 0.1) is 5.56 Å². The molecule has 1 heterocycles. The van der Waals surface area contributed by atoms with Gasteiger partial charge in [0.2, 0.25) is 0 Å². The van der Waals surface area contributed by atoms with Crippen molar-refractivity contribution < 1.29 is 4.79 Å². The van der Waals surface area contributed by atoms with Gasteiger partial charge in [-0.3, -0.25) is 9.78 Å². The average Bonchev–Trinajstić information content (AvgIpc) is 2.28. The summed E-state index contributed by atoms with van der Waals surface area (Å²) in [5.74, 6) is -0.0872. The number of aryl methyl sites for hydroxylation is 1. The van der Waals surface area contributed by atoms with Gasteiger partial charge in [-0.05, 0) is 37.4 Å². The fourth-order valence-corrected chi connectivity index (χ4v) is 1.73. The number of hydrogen-bond donors (Lipinski definition) is 2.